The number of rotatable bonds is 9. The number of thioether (sulfide) groups is 1. The van der Waals surface area contributed by atoms with Crippen LogP contribution in [-0.4, -0.2) is 46.6 Å². The molecule has 28 heavy (non-hydrogen) atoms. The largest absolute Gasteiger partial charge is 0.373 e. The second-order valence-electron chi connectivity index (χ2n) is 6.50. The molecule has 0 atom stereocenters. The van der Waals surface area contributed by atoms with Crippen LogP contribution in [0.5, 0.6) is 0 Å². The number of aromatic nitrogens is 3. The highest BCUT2D eigenvalue weighted by Crippen LogP contribution is 2.18. The molecular weight excluding hydrogens is 370 g/mol. The lowest BCUT2D eigenvalue weighted by atomic mass is 10.2. The summed E-state index contributed by atoms with van der Waals surface area (Å²) in [6, 6.07) is 20.3. The molecule has 1 aromatic heterocycles. The summed E-state index contributed by atoms with van der Waals surface area (Å²) in [5, 5.41) is 12.1. The van der Waals surface area contributed by atoms with E-state index in [1.165, 1.54) is 17.3 Å². The minimum atomic E-state index is -0.00150. The Morgan fingerprint density at radius 3 is 2.46 bits per heavy atom. The lowest BCUT2D eigenvalue weighted by Gasteiger charge is -2.19. The summed E-state index contributed by atoms with van der Waals surface area (Å²) in [6.07, 6.45) is 0. The molecule has 0 aliphatic rings. The molecule has 6 nitrogen and oxygen atoms in total. The number of nitrogens with one attached hydrogen (secondary N) is 1. The van der Waals surface area contributed by atoms with Crippen LogP contribution in [0.2, 0.25) is 0 Å². The third kappa shape index (κ3) is 5.60. The third-order valence-electron chi connectivity index (χ3n) is 4.38. The van der Waals surface area contributed by atoms with Crippen molar-refractivity contribution in [3.05, 3.63) is 72.1 Å². The van der Waals surface area contributed by atoms with Crippen molar-refractivity contribution in [2.45, 2.75) is 18.6 Å². The lowest BCUT2D eigenvalue weighted by Crippen LogP contribution is -2.33. The Hall–Kier alpha value is -2.80. The van der Waals surface area contributed by atoms with Gasteiger partial charge in [0.2, 0.25) is 5.91 Å². The smallest absolute Gasteiger partial charge is 0.230 e. The Labute approximate surface area is 170 Å². The molecule has 1 amide bonds. The van der Waals surface area contributed by atoms with Crippen LogP contribution in [0.4, 0.5) is 5.69 Å². The highest BCUT2D eigenvalue weighted by Gasteiger charge is 2.12. The molecule has 7 heteroatoms. The van der Waals surface area contributed by atoms with E-state index in [1.54, 1.807) is 0 Å². The van der Waals surface area contributed by atoms with Crippen LogP contribution in [0.3, 0.4) is 0 Å². The summed E-state index contributed by atoms with van der Waals surface area (Å²) in [4.78, 5) is 14.3. The molecule has 2 aromatic carbocycles. The van der Waals surface area contributed by atoms with Gasteiger partial charge in [-0.3, -0.25) is 4.79 Å². The van der Waals surface area contributed by atoms with Crippen molar-refractivity contribution in [1.82, 2.24) is 20.1 Å². The van der Waals surface area contributed by atoms with E-state index >= 15 is 0 Å². The number of anilines is 1. The SMILES string of the molecule is Cc1nnc(SCC(=O)NCCN(C)c2ccccc2)n1Cc1ccccc1. The van der Waals surface area contributed by atoms with Gasteiger partial charge in [0.05, 0.1) is 12.3 Å². The number of likely N-dealkylation sites (N-methyl/N-ethyl adjacent to an activating group) is 1. The summed E-state index contributed by atoms with van der Waals surface area (Å²) < 4.78 is 2.04. The topological polar surface area (TPSA) is 63.1 Å². The Morgan fingerprint density at radius 2 is 1.75 bits per heavy atom. The van der Waals surface area contributed by atoms with Gasteiger partial charge >= 0.3 is 0 Å². The number of nitrogens with zero attached hydrogens (tertiary/aromatic N) is 4. The predicted octanol–water partition coefficient (Wildman–Crippen LogP) is 2.98. The number of benzene rings is 2. The van der Waals surface area contributed by atoms with Gasteiger partial charge < -0.3 is 14.8 Å². The highest BCUT2D eigenvalue weighted by molar-refractivity contribution is 7.99. The monoisotopic (exact) mass is 395 g/mol. The van der Waals surface area contributed by atoms with Crippen LogP contribution in [0.1, 0.15) is 11.4 Å². The van der Waals surface area contributed by atoms with Gasteiger partial charge in [-0.1, -0.05) is 60.3 Å². The molecule has 0 fully saturated rings. The van der Waals surface area contributed by atoms with Crippen LogP contribution in [0.25, 0.3) is 0 Å². The quantitative estimate of drug-likeness (QED) is 0.565. The minimum Gasteiger partial charge on any atom is -0.373 e. The molecule has 0 spiro atoms. The molecule has 0 aliphatic heterocycles. The minimum absolute atomic E-state index is 0.00150. The van der Waals surface area contributed by atoms with Gasteiger partial charge in [-0.2, -0.15) is 0 Å². The number of carbonyl (C=O) groups excluding carboxylic acids is 1. The standard InChI is InChI=1S/C21H25N5OS/c1-17-23-24-21(26(17)15-18-9-5-3-6-10-18)28-16-20(27)22-13-14-25(2)19-11-7-4-8-12-19/h3-12H,13-16H2,1-2H3,(H,22,27). The molecule has 0 aliphatic carbocycles. The zero-order valence-electron chi connectivity index (χ0n) is 16.2. The summed E-state index contributed by atoms with van der Waals surface area (Å²) in [7, 11) is 2.02. The summed E-state index contributed by atoms with van der Waals surface area (Å²) in [6.45, 7) is 3.98. The van der Waals surface area contributed by atoms with Crippen molar-refractivity contribution in [1.29, 1.82) is 0 Å². The summed E-state index contributed by atoms with van der Waals surface area (Å²) >= 11 is 1.41. The zero-order valence-corrected chi connectivity index (χ0v) is 17.0. The third-order valence-corrected chi connectivity index (χ3v) is 5.35. The number of para-hydroxylation sites is 1. The fraction of sp³-hybridized carbons (Fsp3) is 0.286. The van der Waals surface area contributed by atoms with E-state index in [-0.39, 0.29) is 5.91 Å². The average molecular weight is 396 g/mol. The molecule has 1 heterocycles. The second kappa shape index (κ2) is 9.94. The molecule has 0 radical (unpaired) electrons. The van der Waals surface area contributed by atoms with Crippen LogP contribution >= 0.6 is 11.8 Å². The van der Waals surface area contributed by atoms with Gasteiger partial charge in [0.25, 0.3) is 0 Å². The molecule has 146 valence electrons. The average Bonchev–Trinajstić information content (AvgIpc) is 3.07. The van der Waals surface area contributed by atoms with Crippen LogP contribution in [-0.2, 0) is 11.3 Å². The summed E-state index contributed by atoms with van der Waals surface area (Å²) in [5.41, 5.74) is 2.32. The second-order valence-corrected chi connectivity index (χ2v) is 7.44. The van der Waals surface area contributed by atoms with Crippen molar-refractivity contribution >= 4 is 23.4 Å². The van der Waals surface area contributed by atoms with Gasteiger partial charge in [0.15, 0.2) is 5.16 Å². The van der Waals surface area contributed by atoms with E-state index in [0.29, 0.717) is 18.8 Å². The first-order valence-electron chi connectivity index (χ1n) is 9.23. The number of carbonyl (C=O) groups is 1. The molecule has 3 rings (SSSR count). The van der Waals surface area contributed by atoms with E-state index in [2.05, 4.69) is 44.7 Å². The van der Waals surface area contributed by atoms with E-state index in [9.17, 15) is 4.79 Å². The fourth-order valence-electron chi connectivity index (χ4n) is 2.77. The number of amides is 1. The van der Waals surface area contributed by atoms with Crippen LogP contribution in [0.15, 0.2) is 65.8 Å². The number of hydrogen-bond donors (Lipinski definition) is 1. The molecule has 0 saturated carbocycles. The summed E-state index contributed by atoms with van der Waals surface area (Å²) in [5.74, 6) is 1.16. The number of hydrogen-bond acceptors (Lipinski definition) is 5. The molecule has 1 N–H and O–H groups in total. The van der Waals surface area contributed by atoms with E-state index in [1.807, 2.05) is 54.9 Å². The predicted molar refractivity (Wildman–Crippen MR) is 114 cm³/mol. The zero-order chi connectivity index (χ0) is 19.8. The Balaban J connectivity index is 1.46. The first-order valence-corrected chi connectivity index (χ1v) is 10.2. The van der Waals surface area contributed by atoms with E-state index in [0.717, 1.165) is 23.2 Å². The van der Waals surface area contributed by atoms with Gasteiger partial charge in [-0.15, -0.1) is 10.2 Å². The van der Waals surface area contributed by atoms with Gasteiger partial charge in [-0.05, 0) is 24.6 Å². The maximum Gasteiger partial charge on any atom is 0.230 e. The maximum absolute atomic E-state index is 12.2. The van der Waals surface area contributed by atoms with Crippen molar-refractivity contribution in [2.24, 2.45) is 0 Å². The van der Waals surface area contributed by atoms with E-state index < -0.39 is 0 Å². The van der Waals surface area contributed by atoms with Gasteiger partial charge in [-0.25, -0.2) is 0 Å². The molecule has 0 unspecified atom stereocenters. The highest BCUT2D eigenvalue weighted by atomic mass is 32.2. The lowest BCUT2D eigenvalue weighted by molar-refractivity contribution is -0.118. The normalized spacial score (nSPS) is 10.6. The van der Waals surface area contributed by atoms with Gasteiger partial charge in [0.1, 0.15) is 5.82 Å². The first kappa shape index (κ1) is 19.9. The number of aryl methyl sites for hydroxylation is 1. The Morgan fingerprint density at radius 1 is 1.07 bits per heavy atom. The van der Waals surface area contributed by atoms with Crippen LogP contribution in [0, 0.1) is 6.92 Å². The maximum atomic E-state index is 12.2. The first-order chi connectivity index (χ1) is 13.6. The van der Waals surface area contributed by atoms with Crippen molar-refractivity contribution in [3.63, 3.8) is 0 Å². The molecule has 3 aromatic rings. The van der Waals surface area contributed by atoms with Crippen molar-refractivity contribution in [3.8, 4) is 0 Å². The van der Waals surface area contributed by atoms with Gasteiger partial charge in [0, 0.05) is 25.8 Å². The molecular formula is C21H25N5OS. The Kier molecular flexibility index (Phi) is 7.08. The van der Waals surface area contributed by atoms with E-state index in [4.69, 9.17) is 0 Å². The van der Waals surface area contributed by atoms with Crippen molar-refractivity contribution in [2.75, 3.05) is 30.8 Å². The fourth-order valence-corrected chi connectivity index (χ4v) is 3.59. The molecule has 0 bridgehead atoms. The Bertz CT molecular complexity index is 882. The molecule has 0 saturated heterocycles. The van der Waals surface area contributed by atoms with Crippen LogP contribution < -0.4 is 10.2 Å². The van der Waals surface area contributed by atoms with Crippen molar-refractivity contribution < 1.29 is 4.79 Å².